The molecule has 4 aromatic rings. The van der Waals surface area contributed by atoms with Crippen molar-refractivity contribution in [2.24, 2.45) is 5.73 Å². The lowest BCUT2D eigenvalue weighted by Crippen LogP contribution is -2.32. The summed E-state index contributed by atoms with van der Waals surface area (Å²) >= 11 is 12.8. The Morgan fingerprint density at radius 2 is 1.50 bits per heavy atom. The Balaban J connectivity index is 1.48. The molecular weight excluding hydrogens is 525 g/mol. The number of rotatable bonds is 11. The van der Waals surface area contributed by atoms with Crippen LogP contribution in [-0.2, 0) is 24.4 Å². The van der Waals surface area contributed by atoms with Crippen molar-refractivity contribution in [1.29, 1.82) is 0 Å². The predicted molar refractivity (Wildman–Crippen MR) is 149 cm³/mol. The summed E-state index contributed by atoms with van der Waals surface area (Å²) in [6.07, 6.45) is 0.0963. The molecule has 0 heterocycles. The number of halogens is 2. The number of nitrogens with two attached hydrogens (primary N) is 1. The molecular formula is C30H27Cl2NO5. The van der Waals surface area contributed by atoms with Gasteiger partial charge in [0.05, 0.1) is 17.2 Å². The van der Waals surface area contributed by atoms with E-state index < -0.39 is 12.0 Å². The summed E-state index contributed by atoms with van der Waals surface area (Å²) in [5.74, 6) is 0.439. The van der Waals surface area contributed by atoms with Gasteiger partial charge < -0.3 is 25.1 Å². The topological polar surface area (TPSA) is 91.0 Å². The molecule has 8 heteroatoms. The van der Waals surface area contributed by atoms with Gasteiger partial charge in [-0.25, -0.2) is 0 Å². The van der Waals surface area contributed by atoms with Crippen molar-refractivity contribution in [3.63, 3.8) is 0 Å². The third kappa shape index (κ3) is 6.98. The van der Waals surface area contributed by atoms with Crippen molar-refractivity contribution in [2.75, 3.05) is 7.11 Å². The van der Waals surface area contributed by atoms with Gasteiger partial charge in [0.1, 0.15) is 30.8 Å². The van der Waals surface area contributed by atoms with Crippen LogP contribution in [-0.4, -0.2) is 24.2 Å². The summed E-state index contributed by atoms with van der Waals surface area (Å²) in [6, 6.07) is 26.0. The van der Waals surface area contributed by atoms with Gasteiger partial charge in [-0.1, -0.05) is 77.8 Å². The number of benzene rings is 4. The number of ether oxygens (including phenoxy) is 3. The summed E-state index contributed by atoms with van der Waals surface area (Å²) < 4.78 is 17.6. The monoisotopic (exact) mass is 551 g/mol. The van der Waals surface area contributed by atoms with Gasteiger partial charge in [0, 0.05) is 6.07 Å². The van der Waals surface area contributed by atoms with Crippen molar-refractivity contribution in [3.8, 4) is 28.4 Å². The normalized spacial score (nSPS) is 11.6. The highest BCUT2D eigenvalue weighted by Crippen LogP contribution is 2.36. The smallest absolute Gasteiger partial charge is 0.320 e. The molecule has 4 rings (SSSR count). The number of methoxy groups -OCH3 is 1. The lowest BCUT2D eigenvalue weighted by atomic mass is 10.0. The van der Waals surface area contributed by atoms with Crippen molar-refractivity contribution in [1.82, 2.24) is 0 Å². The molecule has 0 fully saturated rings. The minimum atomic E-state index is -1.10. The van der Waals surface area contributed by atoms with Crippen LogP contribution < -0.4 is 19.9 Å². The number of hydrogen-bond acceptors (Lipinski definition) is 5. The largest absolute Gasteiger partial charge is 0.497 e. The van der Waals surface area contributed by atoms with Crippen molar-refractivity contribution in [2.45, 2.75) is 25.7 Å². The van der Waals surface area contributed by atoms with Gasteiger partial charge in [-0.3, -0.25) is 4.79 Å². The molecule has 3 N–H and O–H groups in total. The van der Waals surface area contributed by atoms with Crippen LogP contribution in [0.25, 0.3) is 11.1 Å². The van der Waals surface area contributed by atoms with E-state index in [1.165, 1.54) is 0 Å². The average Bonchev–Trinajstić information content (AvgIpc) is 2.92. The maximum atomic E-state index is 11.1. The van der Waals surface area contributed by atoms with Crippen LogP contribution in [0.4, 0.5) is 0 Å². The van der Waals surface area contributed by atoms with Gasteiger partial charge >= 0.3 is 5.97 Å². The summed E-state index contributed by atoms with van der Waals surface area (Å²) in [5.41, 5.74) is 10.3. The molecule has 38 heavy (non-hydrogen) atoms. The second kappa shape index (κ2) is 12.7. The molecule has 4 aromatic carbocycles. The molecule has 1 atom stereocenters. The molecule has 0 amide bonds. The van der Waals surface area contributed by atoms with Crippen LogP contribution in [0.1, 0.15) is 16.7 Å². The van der Waals surface area contributed by atoms with E-state index in [0.717, 1.165) is 22.3 Å². The van der Waals surface area contributed by atoms with E-state index >= 15 is 0 Å². The average molecular weight is 552 g/mol. The van der Waals surface area contributed by atoms with Crippen LogP contribution in [0.3, 0.4) is 0 Å². The van der Waals surface area contributed by atoms with E-state index in [1.807, 2.05) is 54.6 Å². The Kier molecular flexibility index (Phi) is 9.13. The van der Waals surface area contributed by atoms with Gasteiger partial charge in [0.2, 0.25) is 0 Å². The van der Waals surface area contributed by atoms with Crippen molar-refractivity contribution < 1.29 is 24.1 Å². The van der Waals surface area contributed by atoms with E-state index in [1.54, 1.807) is 19.2 Å². The van der Waals surface area contributed by atoms with E-state index in [4.69, 9.17) is 48.3 Å². The van der Waals surface area contributed by atoms with Crippen LogP contribution in [0, 0.1) is 0 Å². The maximum Gasteiger partial charge on any atom is 0.320 e. The number of carboxylic acid groups (broad SMARTS) is 1. The zero-order valence-electron chi connectivity index (χ0n) is 20.7. The second-order valence-corrected chi connectivity index (χ2v) is 9.47. The SMILES string of the molecule is COc1cc(COc2c(Cl)cc(C[C@H](N)C(=O)O)cc2Cl)cc(OCc2ccccc2-c2ccccc2)c1. The minimum Gasteiger partial charge on any atom is -0.497 e. The molecule has 0 aliphatic carbocycles. The Hall–Kier alpha value is -3.71. The summed E-state index contributed by atoms with van der Waals surface area (Å²) in [6.45, 7) is 0.526. The standard InChI is InChI=1S/C30H27Cl2NO5/c1-36-23-11-20(17-38-29-26(31)13-19(14-27(29)32)15-28(33)30(34)35)12-24(16-23)37-18-22-9-5-6-10-25(22)21-7-3-2-4-8-21/h2-14,16,28H,15,17-18,33H2,1H3,(H,34,35)/t28-/m0/s1. The predicted octanol–water partition coefficient (Wildman–Crippen LogP) is 6.78. The van der Waals surface area contributed by atoms with Crippen LogP contribution in [0.5, 0.6) is 17.2 Å². The number of carboxylic acids is 1. The van der Waals surface area contributed by atoms with Gasteiger partial charge in [-0.15, -0.1) is 0 Å². The van der Waals surface area contributed by atoms with E-state index in [0.29, 0.717) is 29.4 Å². The second-order valence-electron chi connectivity index (χ2n) is 8.65. The lowest BCUT2D eigenvalue weighted by molar-refractivity contribution is -0.138. The van der Waals surface area contributed by atoms with Crippen LogP contribution >= 0.6 is 23.2 Å². The third-order valence-electron chi connectivity index (χ3n) is 5.89. The highest BCUT2D eigenvalue weighted by atomic mass is 35.5. The first kappa shape index (κ1) is 27.3. The van der Waals surface area contributed by atoms with Gasteiger partial charge in [-0.05, 0) is 58.5 Å². The highest BCUT2D eigenvalue weighted by Gasteiger charge is 2.16. The number of aliphatic carboxylic acids is 1. The van der Waals surface area contributed by atoms with Crippen LogP contribution in [0.15, 0.2) is 84.9 Å². The van der Waals surface area contributed by atoms with Gasteiger partial charge in [-0.2, -0.15) is 0 Å². The van der Waals surface area contributed by atoms with E-state index in [9.17, 15) is 4.79 Å². The fourth-order valence-corrected chi connectivity index (χ4v) is 4.63. The molecule has 6 nitrogen and oxygen atoms in total. The summed E-state index contributed by atoms with van der Waals surface area (Å²) in [4.78, 5) is 11.1. The fraction of sp³-hybridized carbons (Fsp3) is 0.167. The molecule has 0 bridgehead atoms. The Morgan fingerprint density at radius 3 is 2.18 bits per heavy atom. The quantitative estimate of drug-likeness (QED) is 0.213. The molecule has 0 aromatic heterocycles. The van der Waals surface area contributed by atoms with Gasteiger partial charge in [0.15, 0.2) is 5.75 Å². The number of hydrogen-bond donors (Lipinski definition) is 2. The Labute approximate surface area is 231 Å². The fourth-order valence-electron chi connectivity index (χ4n) is 3.99. The first-order valence-electron chi connectivity index (χ1n) is 11.9. The minimum absolute atomic E-state index is 0.0963. The third-order valence-corrected chi connectivity index (χ3v) is 6.45. The Bertz CT molecular complexity index is 1390. The number of carbonyl (C=O) groups is 1. The Morgan fingerprint density at radius 1 is 0.842 bits per heavy atom. The highest BCUT2D eigenvalue weighted by molar-refractivity contribution is 6.37. The molecule has 0 aliphatic heterocycles. The first-order chi connectivity index (χ1) is 18.3. The molecule has 0 unspecified atom stereocenters. The molecule has 196 valence electrons. The van der Waals surface area contributed by atoms with Crippen LogP contribution in [0.2, 0.25) is 10.0 Å². The van der Waals surface area contributed by atoms with Crippen molar-refractivity contribution >= 4 is 29.2 Å². The lowest BCUT2D eigenvalue weighted by Gasteiger charge is -2.15. The summed E-state index contributed by atoms with van der Waals surface area (Å²) in [7, 11) is 1.59. The molecule has 0 spiro atoms. The van der Waals surface area contributed by atoms with Gasteiger partial charge in [0.25, 0.3) is 0 Å². The molecule has 0 aliphatic rings. The first-order valence-corrected chi connectivity index (χ1v) is 12.6. The molecule has 0 radical (unpaired) electrons. The van der Waals surface area contributed by atoms with Crippen molar-refractivity contribution in [3.05, 3.63) is 112 Å². The molecule has 0 saturated heterocycles. The van der Waals surface area contributed by atoms with E-state index in [-0.39, 0.29) is 23.1 Å². The molecule has 0 saturated carbocycles. The zero-order chi connectivity index (χ0) is 27.1. The maximum absolute atomic E-state index is 11.1. The zero-order valence-corrected chi connectivity index (χ0v) is 22.2. The van der Waals surface area contributed by atoms with E-state index in [2.05, 4.69) is 18.2 Å². The summed E-state index contributed by atoms with van der Waals surface area (Å²) in [5, 5.41) is 9.58.